The Morgan fingerprint density at radius 2 is 2.05 bits per heavy atom. The van der Waals surface area contributed by atoms with Gasteiger partial charge in [0.15, 0.2) is 0 Å². The van der Waals surface area contributed by atoms with E-state index in [0.717, 1.165) is 0 Å². The molecule has 0 unspecified atom stereocenters. The van der Waals surface area contributed by atoms with Gasteiger partial charge in [-0.2, -0.15) is 0 Å². The van der Waals surface area contributed by atoms with Gasteiger partial charge in [-0.15, -0.1) is 0 Å². The molecule has 0 amide bonds. The topological polar surface area (TPSA) is 59.4 Å². The molecular weight excluding hydrogens is 249 g/mol. The quantitative estimate of drug-likeness (QED) is 0.920. The van der Waals surface area contributed by atoms with Crippen molar-refractivity contribution in [1.82, 2.24) is 4.98 Å². The molecule has 1 aromatic heterocycles. The molecule has 0 aliphatic carbocycles. The molecule has 2 rings (SSSR count). The second-order valence-electron chi connectivity index (χ2n) is 4.13. The Kier molecular flexibility index (Phi) is 3.46. The Bertz CT molecular complexity index is 641. The number of rotatable bonds is 3. The highest BCUT2D eigenvalue weighted by molar-refractivity contribution is 5.92. The summed E-state index contributed by atoms with van der Waals surface area (Å²) in [7, 11) is 0. The molecular formula is C14H12FNO3. The van der Waals surface area contributed by atoms with Gasteiger partial charge in [0.2, 0.25) is 5.88 Å². The lowest BCUT2D eigenvalue weighted by Gasteiger charge is -2.10. The van der Waals surface area contributed by atoms with Crippen LogP contribution in [0.15, 0.2) is 30.3 Å². The number of carboxylic acid groups (broad SMARTS) is 1. The van der Waals surface area contributed by atoms with Gasteiger partial charge in [-0.3, -0.25) is 0 Å². The van der Waals surface area contributed by atoms with Gasteiger partial charge in [0, 0.05) is 11.8 Å². The Balaban J connectivity index is 2.47. The second-order valence-corrected chi connectivity index (χ2v) is 4.13. The molecule has 0 fully saturated rings. The van der Waals surface area contributed by atoms with Gasteiger partial charge in [0.05, 0.1) is 0 Å². The standard InChI is InChI=1S/C14H12FNO3/c1-8-6-9(2)16-13(12(8)14(17)18)19-11-5-3-4-10(15)7-11/h3-7H,1-2H3,(H,17,18). The molecule has 0 bridgehead atoms. The van der Waals surface area contributed by atoms with E-state index in [1.54, 1.807) is 19.9 Å². The van der Waals surface area contributed by atoms with Gasteiger partial charge in [-0.1, -0.05) is 6.07 Å². The van der Waals surface area contributed by atoms with E-state index in [0.29, 0.717) is 11.3 Å². The lowest BCUT2D eigenvalue weighted by atomic mass is 10.1. The third kappa shape index (κ3) is 2.88. The van der Waals surface area contributed by atoms with Crippen LogP contribution in [0, 0.1) is 19.7 Å². The molecule has 0 atom stereocenters. The summed E-state index contributed by atoms with van der Waals surface area (Å²) < 4.78 is 18.5. The molecule has 5 heteroatoms. The van der Waals surface area contributed by atoms with Gasteiger partial charge in [-0.25, -0.2) is 14.2 Å². The van der Waals surface area contributed by atoms with Crippen molar-refractivity contribution < 1.29 is 19.0 Å². The predicted octanol–water partition coefficient (Wildman–Crippen LogP) is 3.33. The molecule has 0 spiro atoms. The van der Waals surface area contributed by atoms with Crippen LogP contribution in [0.4, 0.5) is 4.39 Å². The summed E-state index contributed by atoms with van der Waals surface area (Å²) in [6, 6.07) is 7.12. The average Bonchev–Trinajstić information content (AvgIpc) is 2.26. The first-order valence-corrected chi connectivity index (χ1v) is 5.62. The van der Waals surface area contributed by atoms with Crippen molar-refractivity contribution in [3.8, 4) is 11.6 Å². The SMILES string of the molecule is Cc1cc(C)c(C(=O)O)c(Oc2cccc(F)c2)n1. The molecule has 1 aromatic carbocycles. The van der Waals surface area contributed by atoms with Crippen molar-refractivity contribution in [3.63, 3.8) is 0 Å². The van der Waals surface area contributed by atoms with Crippen molar-refractivity contribution in [2.75, 3.05) is 0 Å². The van der Waals surface area contributed by atoms with Crippen LogP contribution in [-0.4, -0.2) is 16.1 Å². The van der Waals surface area contributed by atoms with Crippen LogP contribution < -0.4 is 4.74 Å². The second kappa shape index (κ2) is 5.06. The maximum absolute atomic E-state index is 13.1. The normalized spacial score (nSPS) is 10.3. The maximum atomic E-state index is 13.1. The number of pyridine rings is 1. The van der Waals surface area contributed by atoms with Crippen molar-refractivity contribution in [2.45, 2.75) is 13.8 Å². The lowest BCUT2D eigenvalue weighted by Crippen LogP contribution is -2.06. The van der Waals surface area contributed by atoms with E-state index in [2.05, 4.69) is 4.98 Å². The fourth-order valence-electron chi connectivity index (χ4n) is 1.78. The Morgan fingerprint density at radius 1 is 1.32 bits per heavy atom. The molecule has 4 nitrogen and oxygen atoms in total. The first-order chi connectivity index (χ1) is 8.97. The van der Waals surface area contributed by atoms with Crippen LogP contribution in [0.25, 0.3) is 0 Å². The van der Waals surface area contributed by atoms with Gasteiger partial charge in [0.1, 0.15) is 17.1 Å². The Hall–Kier alpha value is -2.43. The summed E-state index contributed by atoms with van der Waals surface area (Å²) in [4.78, 5) is 15.3. The first kappa shape index (κ1) is 13.0. The van der Waals surface area contributed by atoms with Crippen LogP contribution in [0.1, 0.15) is 21.6 Å². The van der Waals surface area contributed by atoms with Crippen LogP contribution >= 0.6 is 0 Å². The number of halogens is 1. The number of ether oxygens (including phenoxy) is 1. The molecule has 0 saturated carbocycles. The summed E-state index contributed by atoms with van der Waals surface area (Å²) in [5.41, 5.74) is 1.16. The van der Waals surface area contributed by atoms with Crippen LogP contribution in [-0.2, 0) is 0 Å². The fraction of sp³-hybridized carbons (Fsp3) is 0.143. The predicted molar refractivity (Wildman–Crippen MR) is 67.1 cm³/mol. The van der Waals surface area contributed by atoms with Crippen molar-refractivity contribution in [1.29, 1.82) is 0 Å². The number of carbonyl (C=O) groups is 1. The molecule has 0 saturated heterocycles. The number of hydrogen-bond donors (Lipinski definition) is 1. The highest BCUT2D eigenvalue weighted by Crippen LogP contribution is 2.26. The van der Waals surface area contributed by atoms with Crippen LogP contribution in [0.5, 0.6) is 11.6 Å². The summed E-state index contributed by atoms with van der Waals surface area (Å²) in [6.45, 7) is 3.40. The van der Waals surface area contributed by atoms with E-state index in [1.165, 1.54) is 24.3 Å². The minimum Gasteiger partial charge on any atom is -0.477 e. The maximum Gasteiger partial charge on any atom is 0.341 e. The Morgan fingerprint density at radius 3 is 2.68 bits per heavy atom. The molecule has 1 N–H and O–H groups in total. The molecule has 0 aliphatic rings. The fourth-order valence-corrected chi connectivity index (χ4v) is 1.78. The third-order valence-electron chi connectivity index (χ3n) is 2.54. The van der Waals surface area contributed by atoms with Gasteiger partial charge >= 0.3 is 5.97 Å². The zero-order valence-electron chi connectivity index (χ0n) is 10.5. The Labute approximate surface area is 109 Å². The minimum atomic E-state index is -1.13. The average molecular weight is 261 g/mol. The molecule has 19 heavy (non-hydrogen) atoms. The van der Waals surface area contributed by atoms with E-state index in [4.69, 9.17) is 4.74 Å². The molecule has 0 radical (unpaired) electrons. The van der Waals surface area contributed by atoms with E-state index in [-0.39, 0.29) is 17.2 Å². The molecule has 0 aliphatic heterocycles. The molecule has 2 aromatic rings. The number of aryl methyl sites for hydroxylation is 2. The molecule has 98 valence electrons. The monoisotopic (exact) mass is 261 g/mol. The smallest absolute Gasteiger partial charge is 0.341 e. The van der Waals surface area contributed by atoms with E-state index >= 15 is 0 Å². The number of aromatic nitrogens is 1. The van der Waals surface area contributed by atoms with Gasteiger partial charge < -0.3 is 9.84 Å². The number of hydrogen-bond acceptors (Lipinski definition) is 3. The van der Waals surface area contributed by atoms with E-state index in [1.807, 2.05) is 0 Å². The summed E-state index contributed by atoms with van der Waals surface area (Å²) in [5, 5.41) is 9.18. The number of aromatic carboxylic acids is 1. The number of carboxylic acids is 1. The highest BCUT2D eigenvalue weighted by Gasteiger charge is 2.17. The van der Waals surface area contributed by atoms with Crippen molar-refractivity contribution >= 4 is 5.97 Å². The van der Waals surface area contributed by atoms with E-state index in [9.17, 15) is 14.3 Å². The van der Waals surface area contributed by atoms with Crippen LogP contribution in [0.2, 0.25) is 0 Å². The zero-order valence-corrected chi connectivity index (χ0v) is 10.5. The summed E-state index contributed by atoms with van der Waals surface area (Å²) in [6.07, 6.45) is 0. The largest absolute Gasteiger partial charge is 0.477 e. The van der Waals surface area contributed by atoms with Crippen LogP contribution in [0.3, 0.4) is 0 Å². The third-order valence-corrected chi connectivity index (χ3v) is 2.54. The van der Waals surface area contributed by atoms with Gasteiger partial charge in [0.25, 0.3) is 0 Å². The summed E-state index contributed by atoms with van der Waals surface area (Å²) in [5.74, 6) is -1.41. The lowest BCUT2D eigenvalue weighted by molar-refractivity contribution is 0.0692. The van der Waals surface area contributed by atoms with Crippen molar-refractivity contribution in [3.05, 3.63) is 53.0 Å². The van der Waals surface area contributed by atoms with E-state index < -0.39 is 11.8 Å². The summed E-state index contributed by atoms with van der Waals surface area (Å²) >= 11 is 0. The van der Waals surface area contributed by atoms with Crippen molar-refractivity contribution in [2.24, 2.45) is 0 Å². The number of benzene rings is 1. The minimum absolute atomic E-state index is 0.0186. The zero-order chi connectivity index (χ0) is 14.0. The highest BCUT2D eigenvalue weighted by atomic mass is 19.1. The number of nitrogens with zero attached hydrogens (tertiary/aromatic N) is 1. The molecule has 1 heterocycles. The van der Waals surface area contributed by atoms with Gasteiger partial charge in [-0.05, 0) is 37.6 Å². The first-order valence-electron chi connectivity index (χ1n) is 5.62.